The maximum absolute atomic E-state index is 11.7. The lowest BCUT2D eigenvalue weighted by atomic mass is 9.77. The zero-order valence-electron chi connectivity index (χ0n) is 11.9. The van der Waals surface area contributed by atoms with E-state index in [1.807, 2.05) is 6.92 Å². The first-order valence-corrected chi connectivity index (χ1v) is 9.14. The second-order valence-electron chi connectivity index (χ2n) is 6.09. The van der Waals surface area contributed by atoms with Crippen molar-refractivity contribution in [2.45, 2.75) is 51.6 Å². The summed E-state index contributed by atoms with van der Waals surface area (Å²) in [7, 11) is -2.87. The molecule has 19 heavy (non-hydrogen) atoms. The fourth-order valence-corrected chi connectivity index (χ4v) is 5.21. The second kappa shape index (κ2) is 5.80. The molecule has 1 aliphatic carbocycles. The van der Waals surface area contributed by atoms with Gasteiger partial charge in [0.15, 0.2) is 9.84 Å². The summed E-state index contributed by atoms with van der Waals surface area (Å²) in [6.07, 6.45) is 4.33. The average Bonchev–Trinajstić information content (AvgIpc) is 2.37. The Morgan fingerprint density at radius 1 is 1.37 bits per heavy atom. The molecule has 4 unspecified atom stereocenters. The molecular weight excluding hydrogens is 260 g/mol. The van der Waals surface area contributed by atoms with Gasteiger partial charge in [0.25, 0.3) is 0 Å². The van der Waals surface area contributed by atoms with Crippen molar-refractivity contribution in [3.63, 3.8) is 0 Å². The van der Waals surface area contributed by atoms with Crippen LogP contribution in [0.1, 0.15) is 39.5 Å². The Labute approximate surface area is 116 Å². The van der Waals surface area contributed by atoms with E-state index in [2.05, 4.69) is 17.9 Å². The third-order valence-electron chi connectivity index (χ3n) is 4.82. The molecule has 2 rings (SSSR count). The Balaban J connectivity index is 2.12. The Kier molecular flexibility index (Phi) is 4.52. The number of hydrogen-bond acceptors (Lipinski definition) is 4. The fourth-order valence-electron chi connectivity index (χ4n) is 3.62. The third-order valence-corrected chi connectivity index (χ3v) is 6.61. The number of rotatable bonds is 2. The van der Waals surface area contributed by atoms with Crippen LogP contribution in [-0.4, -0.2) is 43.5 Å². The van der Waals surface area contributed by atoms with Crippen LogP contribution in [0.3, 0.4) is 0 Å². The Bertz CT molecular complexity index is 455. The zero-order chi connectivity index (χ0) is 14.0. The van der Waals surface area contributed by atoms with Gasteiger partial charge in [-0.15, -0.1) is 0 Å². The smallest absolute Gasteiger partial charge is 0.153 e. The minimum absolute atomic E-state index is 0.0511. The minimum atomic E-state index is -2.87. The van der Waals surface area contributed by atoms with Gasteiger partial charge >= 0.3 is 0 Å². The molecule has 1 heterocycles. The maximum atomic E-state index is 11.7. The van der Waals surface area contributed by atoms with Crippen molar-refractivity contribution in [1.29, 1.82) is 5.26 Å². The Morgan fingerprint density at radius 2 is 2.11 bits per heavy atom. The number of nitriles is 1. The highest BCUT2D eigenvalue weighted by Gasteiger charge is 2.39. The number of hydrogen-bond donors (Lipinski definition) is 0. The molecule has 0 amide bonds. The van der Waals surface area contributed by atoms with Crippen molar-refractivity contribution < 1.29 is 8.42 Å². The van der Waals surface area contributed by atoms with Gasteiger partial charge in [0.2, 0.25) is 0 Å². The molecule has 5 heteroatoms. The highest BCUT2D eigenvalue weighted by molar-refractivity contribution is 7.91. The van der Waals surface area contributed by atoms with E-state index in [0.717, 1.165) is 25.7 Å². The molecule has 4 nitrogen and oxygen atoms in total. The van der Waals surface area contributed by atoms with E-state index in [0.29, 0.717) is 12.5 Å². The molecule has 0 spiro atoms. The second-order valence-corrected chi connectivity index (χ2v) is 8.32. The Hall–Kier alpha value is -0.600. The summed E-state index contributed by atoms with van der Waals surface area (Å²) in [5.41, 5.74) is 0. The molecule has 0 radical (unpaired) electrons. The molecule has 4 atom stereocenters. The number of nitrogens with zero attached hydrogens (tertiary/aromatic N) is 2. The van der Waals surface area contributed by atoms with Crippen LogP contribution in [0.15, 0.2) is 0 Å². The molecule has 2 aliphatic rings. The molecule has 1 aliphatic heterocycles. The largest absolute Gasteiger partial charge is 0.294 e. The molecule has 0 N–H and O–H groups in total. The summed E-state index contributed by atoms with van der Waals surface area (Å²) in [5, 5.41) is 9.35. The molecule has 0 aromatic rings. The first-order chi connectivity index (χ1) is 8.96. The normalized spacial score (nSPS) is 39.6. The monoisotopic (exact) mass is 284 g/mol. The molecule has 108 valence electrons. The summed E-state index contributed by atoms with van der Waals surface area (Å²) >= 11 is 0. The first kappa shape index (κ1) is 14.8. The molecular formula is C14H24N2O2S. The van der Waals surface area contributed by atoms with Gasteiger partial charge in [0, 0.05) is 18.6 Å². The predicted octanol–water partition coefficient (Wildman–Crippen LogP) is 1.82. The summed E-state index contributed by atoms with van der Waals surface area (Å²) in [5.74, 6) is 1.27. The maximum Gasteiger partial charge on any atom is 0.153 e. The minimum Gasteiger partial charge on any atom is -0.294 e. The van der Waals surface area contributed by atoms with Crippen LogP contribution >= 0.6 is 0 Å². The van der Waals surface area contributed by atoms with Gasteiger partial charge in [-0.05, 0) is 32.1 Å². The molecule has 1 saturated heterocycles. The van der Waals surface area contributed by atoms with Gasteiger partial charge in [-0.3, -0.25) is 4.90 Å². The van der Waals surface area contributed by atoms with Crippen LogP contribution in [0.25, 0.3) is 0 Å². The van der Waals surface area contributed by atoms with E-state index in [1.54, 1.807) is 0 Å². The average molecular weight is 284 g/mol. The van der Waals surface area contributed by atoms with Crippen LogP contribution < -0.4 is 0 Å². The van der Waals surface area contributed by atoms with Gasteiger partial charge in [0.05, 0.1) is 23.5 Å². The SMILES string of the molecule is CCC1CCC(C#N)C(N2CCS(=O)(=O)CC2C)C1. The molecule has 2 fully saturated rings. The van der Waals surface area contributed by atoms with Crippen molar-refractivity contribution in [1.82, 2.24) is 4.90 Å². The van der Waals surface area contributed by atoms with Gasteiger partial charge in [0.1, 0.15) is 0 Å². The zero-order valence-corrected chi connectivity index (χ0v) is 12.7. The van der Waals surface area contributed by atoms with E-state index in [9.17, 15) is 13.7 Å². The molecule has 0 aromatic carbocycles. The van der Waals surface area contributed by atoms with Crippen molar-refractivity contribution in [3.8, 4) is 6.07 Å². The number of sulfone groups is 1. The van der Waals surface area contributed by atoms with Gasteiger partial charge in [-0.2, -0.15) is 5.26 Å². The topological polar surface area (TPSA) is 61.2 Å². The van der Waals surface area contributed by atoms with Crippen LogP contribution in [-0.2, 0) is 9.84 Å². The molecule has 1 saturated carbocycles. The lowest BCUT2D eigenvalue weighted by Gasteiger charge is -2.44. The van der Waals surface area contributed by atoms with E-state index in [-0.39, 0.29) is 29.5 Å². The summed E-state index contributed by atoms with van der Waals surface area (Å²) in [4.78, 5) is 2.29. The highest BCUT2D eigenvalue weighted by atomic mass is 32.2. The predicted molar refractivity (Wildman–Crippen MR) is 75.3 cm³/mol. The third kappa shape index (κ3) is 3.29. The van der Waals surface area contributed by atoms with E-state index >= 15 is 0 Å². The van der Waals surface area contributed by atoms with Gasteiger partial charge < -0.3 is 0 Å². The van der Waals surface area contributed by atoms with Crippen molar-refractivity contribution in [2.75, 3.05) is 18.1 Å². The standard InChI is InChI=1S/C14H24N2O2S/c1-3-12-4-5-13(9-15)14(8-12)16-6-7-19(17,18)10-11(16)2/h11-14H,3-8,10H2,1-2H3. The van der Waals surface area contributed by atoms with Gasteiger partial charge in [-0.25, -0.2) is 8.42 Å². The van der Waals surface area contributed by atoms with E-state index in [1.165, 1.54) is 0 Å². The molecule has 0 bridgehead atoms. The molecule has 0 aromatic heterocycles. The quantitative estimate of drug-likeness (QED) is 0.776. The lowest BCUT2D eigenvalue weighted by Crippen LogP contribution is -2.55. The van der Waals surface area contributed by atoms with Gasteiger partial charge in [-0.1, -0.05) is 13.3 Å². The lowest BCUT2D eigenvalue weighted by molar-refractivity contribution is 0.0761. The summed E-state index contributed by atoms with van der Waals surface area (Å²) < 4.78 is 23.3. The summed E-state index contributed by atoms with van der Waals surface area (Å²) in [6.45, 7) is 4.79. The Morgan fingerprint density at radius 3 is 2.68 bits per heavy atom. The van der Waals surface area contributed by atoms with Crippen LogP contribution in [0.2, 0.25) is 0 Å². The van der Waals surface area contributed by atoms with E-state index in [4.69, 9.17) is 0 Å². The van der Waals surface area contributed by atoms with Crippen molar-refractivity contribution >= 4 is 9.84 Å². The van der Waals surface area contributed by atoms with Crippen LogP contribution in [0.4, 0.5) is 0 Å². The van der Waals surface area contributed by atoms with Crippen LogP contribution in [0.5, 0.6) is 0 Å². The van der Waals surface area contributed by atoms with Crippen LogP contribution in [0, 0.1) is 23.2 Å². The van der Waals surface area contributed by atoms with E-state index < -0.39 is 9.84 Å². The first-order valence-electron chi connectivity index (χ1n) is 7.32. The summed E-state index contributed by atoms with van der Waals surface area (Å²) in [6, 6.07) is 2.76. The fraction of sp³-hybridized carbons (Fsp3) is 0.929. The van der Waals surface area contributed by atoms with Crippen molar-refractivity contribution in [3.05, 3.63) is 0 Å². The highest BCUT2D eigenvalue weighted by Crippen LogP contribution is 2.35. The van der Waals surface area contributed by atoms with Crippen molar-refractivity contribution in [2.24, 2.45) is 11.8 Å².